The standard InChI is InChI=1S/C16H16N4OS/c1-11-8-14(9-12(2)21)17-15-18-16(19-20(11)15)22-10-13-6-4-3-5-7-13/h3-8H,9-10H2,1-2H3. The number of Topliss-reactive ketones (excluding diaryl/α,β-unsaturated/α-hetero) is 1. The van der Waals surface area contributed by atoms with Crippen LogP contribution in [0.4, 0.5) is 0 Å². The molecule has 0 N–H and O–H groups in total. The highest BCUT2D eigenvalue weighted by atomic mass is 32.2. The summed E-state index contributed by atoms with van der Waals surface area (Å²) in [5.41, 5.74) is 2.90. The van der Waals surface area contributed by atoms with E-state index in [1.54, 1.807) is 23.2 Å². The summed E-state index contributed by atoms with van der Waals surface area (Å²) in [6.07, 6.45) is 0.330. The number of nitrogens with zero attached hydrogens (tertiary/aromatic N) is 4. The second-order valence-electron chi connectivity index (χ2n) is 5.15. The predicted octanol–water partition coefficient (Wildman–Crippen LogP) is 2.86. The van der Waals surface area contributed by atoms with Crippen LogP contribution in [0.25, 0.3) is 5.78 Å². The van der Waals surface area contributed by atoms with Gasteiger partial charge in [0.1, 0.15) is 5.78 Å². The third kappa shape index (κ3) is 3.33. The molecule has 3 aromatic rings. The van der Waals surface area contributed by atoms with Crippen LogP contribution in [0.3, 0.4) is 0 Å². The van der Waals surface area contributed by atoms with E-state index in [1.807, 2.05) is 31.2 Å². The monoisotopic (exact) mass is 312 g/mol. The fourth-order valence-corrected chi connectivity index (χ4v) is 2.96. The van der Waals surface area contributed by atoms with Crippen LogP contribution in [0.5, 0.6) is 0 Å². The van der Waals surface area contributed by atoms with Gasteiger partial charge in [-0.1, -0.05) is 42.1 Å². The van der Waals surface area contributed by atoms with Gasteiger partial charge in [0.15, 0.2) is 0 Å². The maximum absolute atomic E-state index is 11.2. The quantitative estimate of drug-likeness (QED) is 0.678. The third-order valence-corrected chi connectivity index (χ3v) is 4.07. The summed E-state index contributed by atoms with van der Waals surface area (Å²) in [6, 6.07) is 12.1. The molecule has 0 radical (unpaired) electrons. The van der Waals surface area contributed by atoms with Gasteiger partial charge in [-0.3, -0.25) is 4.79 Å². The first-order valence-corrected chi connectivity index (χ1v) is 8.00. The minimum Gasteiger partial charge on any atom is -0.300 e. The van der Waals surface area contributed by atoms with E-state index in [-0.39, 0.29) is 5.78 Å². The Kier molecular flexibility index (Phi) is 4.20. The summed E-state index contributed by atoms with van der Waals surface area (Å²) in [4.78, 5) is 20.1. The molecule has 0 atom stereocenters. The average molecular weight is 312 g/mol. The van der Waals surface area contributed by atoms with Crippen molar-refractivity contribution in [2.75, 3.05) is 0 Å². The van der Waals surface area contributed by atoms with Crippen LogP contribution < -0.4 is 0 Å². The highest BCUT2D eigenvalue weighted by Crippen LogP contribution is 2.20. The number of hydrogen-bond donors (Lipinski definition) is 0. The molecule has 2 heterocycles. The normalized spacial score (nSPS) is 11.0. The molecule has 0 aliphatic rings. The second-order valence-corrected chi connectivity index (χ2v) is 6.09. The van der Waals surface area contributed by atoms with Gasteiger partial charge in [-0.05, 0) is 25.5 Å². The number of benzene rings is 1. The Hall–Kier alpha value is -2.21. The number of carbonyl (C=O) groups excluding carboxylic acids is 1. The molecule has 0 spiro atoms. The van der Waals surface area contributed by atoms with Crippen LogP contribution in [-0.4, -0.2) is 25.4 Å². The van der Waals surface area contributed by atoms with Gasteiger partial charge in [0.2, 0.25) is 5.16 Å². The van der Waals surface area contributed by atoms with Crippen molar-refractivity contribution < 1.29 is 4.79 Å². The number of hydrogen-bond acceptors (Lipinski definition) is 5. The number of ketones is 1. The minimum atomic E-state index is 0.0921. The third-order valence-electron chi connectivity index (χ3n) is 3.16. The SMILES string of the molecule is CC(=O)Cc1cc(C)n2nc(SCc3ccccc3)nc2n1. The van der Waals surface area contributed by atoms with Crippen molar-refractivity contribution in [2.24, 2.45) is 0 Å². The molecule has 112 valence electrons. The first-order chi connectivity index (χ1) is 10.6. The van der Waals surface area contributed by atoms with E-state index in [9.17, 15) is 4.79 Å². The zero-order chi connectivity index (χ0) is 15.5. The van der Waals surface area contributed by atoms with Gasteiger partial charge in [0, 0.05) is 17.9 Å². The molecule has 0 saturated heterocycles. The first-order valence-electron chi connectivity index (χ1n) is 7.01. The van der Waals surface area contributed by atoms with E-state index in [0.717, 1.165) is 17.1 Å². The molecule has 1 aromatic carbocycles. The lowest BCUT2D eigenvalue weighted by Crippen LogP contribution is -2.04. The molecule has 0 unspecified atom stereocenters. The number of aryl methyl sites for hydroxylation is 1. The van der Waals surface area contributed by atoms with Crippen molar-refractivity contribution in [3.05, 3.63) is 53.3 Å². The van der Waals surface area contributed by atoms with Gasteiger partial charge in [-0.15, -0.1) is 5.10 Å². The van der Waals surface area contributed by atoms with E-state index in [0.29, 0.717) is 17.4 Å². The molecule has 5 nitrogen and oxygen atoms in total. The number of aromatic nitrogens is 4. The zero-order valence-electron chi connectivity index (χ0n) is 12.5. The maximum atomic E-state index is 11.2. The van der Waals surface area contributed by atoms with Crippen molar-refractivity contribution in [1.82, 2.24) is 19.6 Å². The summed E-state index contributed by atoms with van der Waals surface area (Å²) in [5.74, 6) is 1.46. The molecular formula is C16H16N4OS. The van der Waals surface area contributed by atoms with E-state index in [2.05, 4.69) is 27.2 Å². The Labute approximate surface area is 132 Å². The molecule has 0 fully saturated rings. The smallest absolute Gasteiger partial charge is 0.253 e. The lowest BCUT2D eigenvalue weighted by molar-refractivity contribution is -0.116. The van der Waals surface area contributed by atoms with Crippen molar-refractivity contribution in [1.29, 1.82) is 0 Å². The summed E-state index contributed by atoms with van der Waals surface area (Å²) >= 11 is 1.58. The largest absolute Gasteiger partial charge is 0.300 e. The van der Waals surface area contributed by atoms with Gasteiger partial charge in [-0.25, -0.2) is 9.50 Å². The minimum absolute atomic E-state index is 0.0921. The molecule has 0 amide bonds. The summed E-state index contributed by atoms with van der Waals surface area (Å²) in [7, 11) is 0. The molecule has 6 heteroatoms. The summed E-state index contributed by atoms with van der Waals surface area (Å²) in [6.45, 7) is 3.50. The van der Waals surface area contributed by atoms with E-state index in [1.165, 1.54) is 5.56 Å². The van der Waals surface area contributed by atoms with Crippen LogP contribution in [0.15, 0.2) is 41.6 Å². The van der Waals surface area contributed by atoms with Crippen LogP contribution in [-0.2, 0) is 17.0 Å². The Morgan fingerprint density at radius 3 is 2.73 bits per heavy atom. The number of carbonyl (C=O) groups is 1. The zero-order valence-corrected chi connectivity index (χ0v) is 13.3. The number of thioether (sulfide) groups is 1. The van der Waals surface area contributed by atoms with Crippen LogP contribution in [0.1, 0.15) is 23.9 Å². The van der Waals surface area contributed by atoms with Crippen molar-refractivity contribution in [2.45, 2.75) is 31.2 Å². The molecule has 2 aromatic heterocycles. The molecule has 22 heavy (non-hydrogen) atoms. The second kappa shape index (κ2) is 6.27. The van der Waals surface area contributed by atoms with Crippen molar-refractivity contribution in [3.63, 3.8) is 0 Å². The fourth-order valence-electron chi connectivity index (χ4n) is 2.19. The van der Waals surface area contributed by atoms with Crippen LogP contribution in [0, 0.1) is 6.92 Å². The number of rotatable bonds is 5. The summed E-state index contributed by atoms with van der Waals surface area (Å²) in [5, 5.41) is 5.16. The van der Waals surface area contributed by atoms with E-state index in [4.69, 9.17) is 0 Å². The topological polar surface area (TPSA) is 60.2 Å². The molecule has 0 aliphatic heterocycles. The fraction of sp³-hybridized carbons (Fsp3) is 0.250. The summed E-state index contributed by atoms with van der Waals surface area (Å²) < 4.78 is 1.72. The molecule has 0 saturated carbocycles. The Bertz CT molecular complexity index is 814. The first kappa shape index (κ1) is 14.7. The van der Waals surface area contributed by atoms with E-state index >= 15 is 0 Å². The van der Waals surface area contributed by atoms with Gasteiger partial charge >= 0.3 is 0 Å². The Balaban J connectivity index is 1.83. The van der Waals surface area contributed by atoms with Gasteiger partial charge in [0.05, 0.1) is 5.69 Å². The van der Waals surface area contributed by atoms with Crippen LogP contribution >= 0.6 is 11.8 Å². The Morgan fingerprint density at radius 1 is 1.23 bits per heavy atom. The molecule has 0 aliphatic carbocycles. The van der Waals surface area contributed by atoms with Gasteiger partial charge < -0.3 is 0 Å². The molecular weight excluding hydrogens is 296 g/mol. The number of fused-ring (bicyclic) bond motifs is 1. The van der Waals surface area contributed by atoms with E-state index < -0.39 is 0 Å². The highest BCUT2D eigenvalue weighted by molar-refractivity contribution is 7.98. The van der Waals surface area contributed by atoms with Crippen LogP contribution in [0.2, 0.25) is 0 Å². The molecule has 3 rings (SSSR count). The molecule has 0 bridgehead atoms. The predicted molar refractivity (Wildman–Crippen MR) is 85.9 cm³/mol. The maximum Gasteiger partial charge on any atom is 0.253 e. The Morgan fingerprint density at radius 2 is 2.00 bits per heavy atom. The lowest BCUT2D eigenvalue weighted by atomic mass is 10.2. The van der Waals surface area contributed by atoms with Gasteiger partial charge in [0.25, 0.3) is 5.78 Å². The lowest BCUT2D eigenvalue weighted by Gasteiger charge is -2.00. The highest BCUT2D eigenvalue weighted by Gasteiger charge is 2.10. The van der Waals surface area contributed by atoms with Gasteiger partial charge in [-0.2, -0.15) is 4.98 Å². The average Bonchev–Trinajstić information content (AvgIpc) is 2.89. The van der Waals surface area contributed by atoms with Crippen molar-refractivity contribution >= 4 is 23.3 Å². The van der Waals surface area contributed by atoms with Crippen molar-refractivity contribution in [3.8, 4) is 0 Å².